The highest BCUT2D eigenvalue weighted by atomic mass is 32.2. The molecular weight excluding hydrogens is 293 g/mol. The van der Waals surface area contributed by atoms with Crippen LogP contribution in [-0.4, -0.2) is 23.8 Å². The normalized spacial score (nSPS) is 11.4. The van der Waals surface area contributed by atoms with E-state index in [4.69, 9.17) is 5.73 Å². The number of alkyl halides is 3. The molecule has 0 unspecified atom stereocenters. The minimum Gasteiger partial charge on any atom is -0.461 e. The van der Waals surface area contributed by atoms with E-state index in [2.05, 4.69) is 4.74 Å². The van der Waals surface area contributed by atoms with Crippen molar-refractivity contribution in [2.75, 3.05) is 18.1 Å². The highest BCUT2D eigenvalue weighted by molar-refractivity contribution is 8.00. The third-order valence-corrected chi connectivity index (χ3v) is 2.59. The fourth-order valence-corrected chi connectivity index (χ4v) is 1.49. The Balaban J connectivity index is 2.57. The number of carbonyl (C=O) groups excluding carboxylic acids is 1. The summed E-state index contributed by atoms with van der Waals surface area (Å²) in [5.74, 6) is -3.96. The number of carbonyl (C=O) groups is 1. The fourth-order valence-electron chi connectivity index (χ4n) is 1.09. The molecule has 0 saturated carbocycles. The first kappa shape index (κ1) is 15.5. The number of esters is 1. The Morgan fingerprint density at radius 3 is 2.47 bits per heavy atom. The summed E-state index contributed by atoms with van der Waals surface area (Å²) in [6, 6.07) is 1.13. The van der Waals surface area contributed by atoms with E-state index in [-0.39, 0.29) is 11.8 Å². The van der Waals surface area contributed by atoms with Crippen LogP contribution in [0.15, 0.2) is 12.1 Å². The first-order valence-electron chi connectivity index (χ1n) is 4.83. The number of benzene rings is 1. The van der Waals surface area contributed by atoms with Crippen LogP contribution in [0, 0.1) is 11.6 Å². The van der Waals surface area contributed by atoms with E-state index in [1.54, 1.807) is 0 Å². The molecule has 0 amide bonds. The molecule has 0 spiro atoms. The molecule has 0 aliphatic rings. The molecule has 2 N–H and O–H groups in total. The van der Waals surface area contributed by atoms with E-state index >= 15 is 0 Å². The highest BCUT2D eigenvalue weighted by Gasteiger charge is 2.27. The van der Waals surface area contributed by atoms with Crippen LogP contribution >= 0.6 is 11.8 Å². The monoisotopic (exact) mass is 301 g/mol. The fraction of sp³-hybridized carbons (Fsp3) is 0.300. The smallest absolute Gasteiger partial charge is 0.441 e. The topological polar surface area (TPSA) is 52.3 Å². The van der Waals surface area contributed by atoms with Crippen LogP contribution < -0.4 is 5.73 Å². The van der Waals surface area contributed by atoms with Crippen LogP contribution in [0.5, 0.6) is 0 Å². The summed E-state index contributed by atoms with van der Waals surface area (Å²) in [4.78, 5) is 11.3. The second-order valence-electron chi connectivity index (χ2n) is 3.28. The second kappa shape index (κ2) is 6.09. The first-order chi connectivity index (χ1) is 8.70. The van der Waals surface area contributed by atoms with Crippen molar-refractivity contribution in [2.24, 2.45) is 0 Å². The lowest BCUT2D eigenvalue weighted by atomic mass is 10.2. The number of nitrogens with two attached hydrogens (primary N) is 1. The summed E-state index contributed by atoms with van der Waals surface area (Å²) in [6.45, 7) is -0.556. The molecular formula is C10H8F5NO2S. The van der Waals surface area contributed by atoms with Crippen molar-refractivity contribution in [2.45, 2.75) is 5.51 Å². The Labute approximate surface area is 108 Å². The minimum absolute atomic E-state index is 0.375. The molecule has 0 aliphatic heterocycles. The van der Waals surface area contributed by atoms with Crippen molar-refractivity contribution in [3.05, 3.63) is 29.3 Å². The molecule has 1 aromatic rings. The summed E-state index contributed by atoms with van der Waals surface area (Å²) in [6.07, 6.45) is 0. The minimum atomic E-state index is -4.43. The lowest BCUT2D eigenvalue weighted by Crippen LogP contribution is -2.13. The van der Waals surface area contributed by atoms with Gasteiger partial charge in [-0.15, -0.1) is 0 Å². The van der Waals surface area contributed by atoms with Gasteiger partial charge in [-0.2, -0.15) is 13.2 Å². The summed E-state index contributed by atoms with van der Waals surface area (Å²) in [7, 11) is 0. The Bertz CT molecular complexity index is 478. The van der Waals surface area contributed by atoms with Gasteiger partial charge in [0.1, 0.15) is 18.2 Å². The molecule has 106 valence electrons. The van der Waals surface area contributed by atoms with E-state index in [1.165, 1.54) is 0 Å². The Kier molecular flexibility index (Phi) is 4.98. The highest BCUT2D eigenvalue weighted by Crippen LogP contribution is 2.29. The van der Waals surface area contributed by atoms with Gasteiger partial charge in [0, 0.05) is 11.8 Å². The van der Waals surface area contributed by atoms with Gasteiger partial charge in [-0.1, -0.05) is 0 Å². The maximum atomic E-state index is 13.2. The molecule has 0 radical (unpaired) electrons. The molecule has 1 aromatic carbocycles. The number of hydrogen-bond donors (Lipinski definition) is 1. The number of rotatable bonds is 4. The average molecular weight is 301 g/mol. The SMILES string of the molecule is Nc1cc(C(=O)OCCSC(F)(F)F)c(F)cc1F. The first-order valence-corrected chi connectivity index (χ1v) is 5.81. The van der Waals surface area contributed by atoms with Crippen LogP contribution in [0.4, 0.5) is 27.6 Å². The van der Waals surface area contributed by atoms with Crippen LogP contribution in [0.1, 0.15) is 10.4 Å². The number of thioether (sulfide) groups is 1. The zero-order chi connectivity index (χ0) is 14.6. The van der Waals surface area contributed by atoms with Crippen LogP contribution in [0.3, 0.4) is 0 Å². The molecule has 0 heterocycles. The summed E-state index contributed by atoms with van der Waals surface area (Å²) >= 11 is -0.375. The zero-order valence-electron chi connectivity index (χ0n) is 9.26. The molecule has 1 rings (SSSR count). The van der Waals surface area contributed by atoms with Crippen molar-refractivity contribution in [1.82, 2.24) is 0 Å². The van der Waals surface area contributed by atoms with E-state index in [0.29, 0.717) is 6.07 Å². The molecule has 0 aliphatic carbocycles. The standard InChI is InChI=1S/C10H8F5NO2S/c11-6-4-7(12)8(16)3-5(6)9(17)18-1-2-19-10(13,14)15/h3-4H,1-2,16H2. The van der Waals surface area contributed by atoms with Gasteiger partial charge in [-0.25, -0.2) is 13.6 Å². The van der Waals surface area contributed by atoms with Gasteiger partial charge in [0.05, 0.1) is 11.3 Å². The van der Waals surface area contributed by atoms with Gasteiger partial charge in [-0.05, 0) is 17.8 Å². The van der Waals surface area contributed by atoms with Gasteiger partial charge in [0.2, 0.25) is 0 Å². The van der Waals surface area contributed by atoms with Crippen LogP contribution in [-0.2, 0) is 4.74 Å². The third-order valence-electron chi connectivity index (χ3n) is 1.89. The van der Waals surface area contributed by atoms with Crippen molar-refractivity contribution < 1.29 is 31.5 Å². The third kappa shape index (κ3) is 4.93. The summed E-state index contributed by atoms with van der Waals surface area (Å²) in [5, 5.41) is 0. The number of hydrogen-bond acceptors (Lipinski definition) is 4. The Morgan fingerprint density at radius 1 is 1.26 bits per heavy atom. The lowest BCUT2D eigenvalue weighted by Gasteiger charge is -2.08. The molecule has 19 heavy (non-hydrogen) atoms. The maximum Gasteiger partial charge on any atom is 0.441 e. The van der Waals surface area contributed by atoms with E-state index in [0.717, 1.165) is 6.07 Å². The van der Waals surface area contributed by atoms with E-state index < -0.39 is 46.7 Å². The Morgan fingerprint density at radius 2 is 1.89 bits per heavy atom. The molecule has 0 bridgehead atoms. The molecule has 9 heteroatoms. The number of halogens is 5. The van der Waals surface area contributed by atoms with Crippen molar-refractivity contribution >= 4 is 23.4 Å². The number of ether oxygens (including phenoxy) is 1. The van der Waals surface area contributed by atoms with Gasteiger partial charge in [0.15, 0.2) is 0 Å². The number of anilines is 1. The molecule has 0 atom stereocenters. The summed E-state index contributed by atoms with van der Waals surface area (Å²) in [5.41, 5.74) is -0.385. The molecule has 3 nitrogen and oxygen atoms in total. The Hall–Kier alpha value is -1.51. The van der Waals surface area contributed by atoms with Crippen LogP contribution in [0.25, 0.3) is 0 Å². The largest absolute Gasteiger partial charge is 0.461 e. The predicted octanol–water partition coefficient (Wildman–Crippen LogP) is 2.96. The van der Waals surface area contributed by atoms with Crippen molar-refractivity contribution in [1.29, 1.82) is 0 Å². The molecule has 0 saturated heterocycles. The quantitative estimate of drug-likeness (QED) is 0.402. The molecule has 0 fully saturated rings. The van der Waals surface area contributed by atoms with Gasteiger partial charge in [0.25, 0.3) is 0 Å². The average Bonchev–Trinajstić information content (AvgIpc) is 2.28. The lowest BCUT2D eigenvalue weighted by molar-refractivity contribution is -0.0331. The second-order valence-corrected chi connectivity index (χ2v) is 4.44. The van der Waals surface area contributed by atoms with Gasteiger partial charge < -0.3 is 10.5 Å². The number of nitrogen functional groups attached to an aromatic ring is 1. The predicted molar refractivity (Wildman–Crippen MR) is 59.6 cm³/mol. The summed E-state index contributed by atoms with van der Waals surface area (Å²) < 4.78 is 65.7. The van der Waals surface area contributed by atoms with Gasteiger partial charge >= 0.3 is 11.5 Å². The molecule has 0 aromatic heterocycles. The van der Waals surface area contributed by atoms with Gasteiger partial charge in [-0.3, -0.25) is 0 Å². The maximum absolute atomic E-state index is 13.2. The van der Waals surface area contributed by atoms with E-state index in [9.17, 15) is 26.7 Å². The van der Waals surface area contributed by atoms with Crippen molar-refractivity contribution in [3.63, 3.8) is 0 Å². The zero-order valence-corrected chi connectivity index (χ0v) is 10.1. The van der Waals surface area contributed by atoms with Crippen LogP contribution in [0.2, 0.25) is 0 Å². The van der Waals surface area contributed by atoms with Crippen molar-refractivity contribution in [3.8, 4) is 0 Å². The van der Waals surface area contributed by atoms with E-state index in [1.807, 2.05) is 0 Å².